The Kier molecular flexibility index (Phi) is 5.46. The van der Waals surface area contributed by atoms with Crippen molar-refractivity contribution in [1.29, 1.82) is 5.26 Å². The van der Waals surface area contributed by atoms with Crippen molar-refractivity contribution in [3.8, 4) is 17.7 Å². The Bertz CT molecular complexity index is 1200. The molecule has 0 aliphatic rings. The van der Waals surface area contributed by atoms with E-state index in [4.69, 9.17) is 0 Å². The Hall–Kier alpha value is -4.32. The quantitative estimate of drug-likeness (QED) is 0.620. The third-order valence-electron chi connectivity index (χ3n) is 4.14. The summed E-state index contributed by atoms with van der Waals surface area (Å²) in [6.07, 6.45) is 0. The van der Waals surface area contributed by atoms with Crippen LogP contribution in [0.3, 0.4) is 0 Å². The first-order valence-electron chi connectivity index (χ1n) is 8.46. The van der Waals surface area contributed by atoms with Gasteiger partial charge in [-0.2, -0.15) is 20.6 Å². The molecule has 0 unspecified atom stereocenters. The van der Waals surface area contributed by atoms with Gasteiger partial charge in [0.15, 0.2) is 5.69 Å². The standard InChI is InChI=1S/C20H16N6O3/c1-12-17(11-21)19(28)26(2)20(29)18(12)25-24-14-5-3-13(4-6-14)22-23-15-7-9-16(27)10-8-15/h3-10,27-28H,1-2H3. The van der Waals surface area contributed by atoms with Crippen LogP contribution < -0.4 is 5.56 Å². The van der Waals surface area contributed by atoms with E-state index in [-0.39, 0.29) is 22.6 Å². The summed E-state index contributed by atoms with van der Waals surface area (Å²) in [5, 5.41) is 44.5. The van der Waals surface area contributed by atoms with Crippen LogP contribution in [0.5, 0.6) is 11.6 Å². The highest BCUT2D eigenvalue weighted by molar-refractivity contribution is 5.57. The second kappa shape index (κ2) is 8.14. The molecule has 0 saturated heterocycles. The van der Waals surface area contributed by atoms with Crippen LogP contribution in [0.1, 0.15) is 11.1 Å². The van der Waals surface area contributed by atoms with Crippen LogP contribution in [0.4, 0.5) is 22.7 Å². The van der Waals surface area contributed by atoms with Gasteiger partial charge in [0.1, 0.15) is 17.4 Å². The zero-order chi connectivity index (χ0) is 21.0. The molecule has 9 nitrogen and oxygen atoms in total. The highest BCUT2D eigenvalue weighted by atomic mass is 16.3. The Morgan fingerprint density at radius 1 is 0.862 bits per heavy atom. The van der Waals surface area contributed by atoms with Gasteiger partial charge >= 0.3 is 0 Å². The van der Waals surface area contributed by atoms with Crippen molar-refractivity contribution >= 4 is 22.7 Å². The van der Waals surface area contributed by atoms with Gasteiger partial charge in [0.2, 0.25) is 5.88 Å². The SMILES string of the molecule is Cc1c(C#N)c(O)n(C)c(=O)c1N=Nc1ccc(N=Nc2ccc(O)cc2)cc1. The van der Waals surface area contributed by atoms with Crippen LogP contribution in [0.2, 0.25) is 0 Å². The number of phenols is 1. The summed E-state index contributed by atoms with van der Waals surface area (Å²) < 4.78 is 0.951. The molecule has 0 fully saturated rings. The topological polar surface area (TPSA) is 136 Å². The number of nitriles is 1. The van der Waals surface area contributed by atoms with Crippen LogP contribution in [0.25, 0.3) is 0 Å². The summed E-state index contributed by atoms with van der Waals surface area (Å²) in [6.45, 7) is 1.53. The molecule has 1 heterocycles. The van der Waals surface area contributed by atoms with Gasteiger partial charge in [0.25, 0.3) is 5.56 Å². The molecule has 0 amide bonds. The maximum Gasteiger partial charge on any atom is 0.281 e. The molecule has 2 N–H and O–H groups in total. The van der Waals surface area contributed by atoms with Crippen LogP contribution in [0, 0.1) is 18.3 Å². The third-order valence-corrected chi connectivity index (χ3v) is 4.14. The molecule has 29 heavy (non-hydrogen) atoms. The van der Waals surface area contributed by atoms with Gasteiger partial charge in [-0.25, -0.2) is 0 Å². The average molecular weight is 388 g/mol. The fraction of sp³-hybridized carbons (Fsp3) is 0.100. The molecule has 0 aliphatic heterocycles. The van der Waals surface area contributed by atoms with Gasteiger partial charge in [-0.05, 0) is 55.5 Å². The molecule has 2 aromatic carbocycles. The molecule has 0 radical (unpaired) electrons. The predicted molar refractivity (Wildman–Crippen MR) is 106 cm³/mol. The van der Waals surface area contributed by atoms with Gasteiger partial charge < -0.3 is 10.2 Å². The fourth-order valence-electron chi connectivity index (χ4n) is 2.45. The zero-order valence-electron chi connectivity index (χ0n) is 15.6. The van der Waals surface area contributed by atoms with Crippen molar-refractivity contribution in [2.24, 2.45) is 27.5 Å². The van der Waals surface area contributed by atoms with Crippen molar-refractivity contribution in [2.45, 2.75) is 6.92 Å². The molecule has 1 aromatic heterocycles. The van der Waals surface area contributed by atoms with Crippen molar-refractivity contribution in [1.82, 2.24) is 4.57 Å². The summed E-state index contributed by atoms with van der Waals surface area (Å²) >= 11 is 0. The maximum atomic E-state index is 12.3. The highest BCUT2D eigenvalue weighted by Gasteiger charge is 2.16. The Morgan fingerprint density at radius 2 is 1.31 bits per heavy atom. The number of rotatable bonds is 4. The molecular weight excluding hydrogens is 372 g/mol. The van der Waals surface area contributed by atoms with E-state index in [2.05, 4.69) is 20.5 Å². The lowest BCUT2D eigenvalue weighted by atomic mass is 10.1. The largest absolute Gasteiger partial charge is 0.508 e. The second-order valence-electron chi connectivity index (χ2n) is 6.08. The number of benzene rings is 2. The van der Waals surface area contributed by atoms with Crippen molar-refractivity contribution in [2.75, 3.05) is 0 Å². The summed E-state index contributed by atoms with van der Waals surface area (Å²) in [4.78, 5) is 12.3. The number of aromatic nitrogens is 1. The number of aromatic hydroxyl groups is 2. The lowest BCUT2D eigenvalue weighted by molar-refractivity contribution is 0.421. The van der Waals surface area contributed by atoms with E-state index >= 15 is 0 Å². The third kappa shape index (κ3) is 4.17. The van der Waals surface area contributed by atoms with E-state index in [1.807, 2.05) is 6.07 Å². The van der Waals surface area contributed by atoms with E-state index in [1.165, 1.54) is 26.1 Å². The minimum atomic E-state index is -0.554. The molecule has 3 aromatic rings. The van der Waals surface area contributed by atoms with Gasteiger partial charge in [0.05, 0.1) is 17.1 Å². The monoisotopic (exact) mass is 388 g/mol. The summed E-state index contributed by atoms with van der Waals surface area (Å²) in [5.41, 5.74) is 1.32. The first kappa shape index (κ1) is 19.4. The molecule has 0 bridgehead atoms. The molecule has 0 atom stereocenters. The number of azo groups is 2. The van der Waals surface area contributed by atoms with E-state index in [9.17, 15) is 20.3 Å². The minimum absolute atomic E-state index is 0.0158. The normalized spacial score (nSPS) is 11.2. The number of nitrogens with zero attached hydrogens (tertiary/aromatic N) is 6. The van der Waals surface area contributed by atoms with Crippen LogP contribution >= 0.6 is 0 Å². The lowest BCUT2D eigenvalue weighted by Crippen LogP contribution is -2.18. The smallest absolute Gasteiger partial charge is 0.281 e. The summed E-state index contributed by atoms with van der Waals surface area (Å²) in [6, 6.07) is 14.8. The predicted octanol–water partition coefficient (Wildman–Crippen LogP) is 4.81. The number of pyridine rings is 1. The molecule has 3 rings (SSSR count). The summed E-state index contributed by atoms with van der Waals surface area (Å²) in [5.74, 6) is -0.253. The van der Waals surface area contributed by atoms with Crippen LogP contribution in [-0.4, -0.2) is 14.8 Å². The van der Waals surface area contributed by atoms with E-state index in [0.29, 0.717) is 17.1 Å². The van der Waals surface area contributed by atoms with Crippen LogP contribution in [0.15, 0.2) is 73.8 Å². The minimum Gasteiger partial charge on any atom is -0.508 e. The Labute approximate surface area is 165 Å². The molecule has 0 aliphatic carbocycles. The van der Waals surface area contributed by atoms with Crippen molar-refractivity contribution < 1.29 is 10.2 Å². The first-order chi connectivity index (χ1) is 13.9. The highest BCUT2D eigenvalue weighted by Crippen LogP contribution is 2.27. The van der Waals surface area contributed by atoms with Crippen molar-refractivity contribution in [3.63, 3.8) is 0 Å². The molecular formula is C20H16N6O3. The van der Waals surface area contributed by atoms with Gasteiger partial charge in [-0.1, -0.05) is 0 Å². The zero-order valence-corrected chi connectivity index (χ0v) is 15.6. The molecule has 0 spiro atoms. The van der Waals surface area contributed by atoms with Gasteiger partial charge in [-0.15, -0.1) is 5.11 Å². The Morgan fingerprint density at radius 3 is 1.79 bits per heavy atom. The lowest BCUT2D eigenvalue weighted by Gasteiger charge is -2.08. The maximum absolute atomic E-state index is 12.3. The van der Waals surface area contributed by atoms with E-state index in [1.54, 1.807) is 36.4 Å². The van der Waals surface area contributed by atoms with Gasteiger partial charge in [-0.3, -0.25) is 9.36 Å². The average Bonchev–Trinajstić information content (AvgIpc) is 2.73. The number of hydrogen-bond acceptors (Lipinski definition) is 8. The van der Waals surface area contributed by atoms with Crippen LogP contribution in [-0.2, 0) is 7.05 Å². The number of phenolic OH excluding ortho intramolecular Hbond substituents is 1. The number of hydrogen-bond donors (Lipinski definition) is 2. The molecule has 9 heteroatoms. The fourth-order valence-corrected chi connectivity index (χ4v) is 2.45. The van der Waals surface area contributed by atoms with Crippen molar-refractivity contribution in [3.05, 3.63) is 70.0 Å². The molecule has 144 valence electrons. The van der Waals surface area contributed by atoms with E-state index < -0.39 is 11.4 Å². The summed E-state index contributed by atoms with van der Waals surface area (Å²) in [7, 11) is 1.35. The first-order valence-corrected chi connectivity index (χ1v) is 8.46. The van der Waals surface area contributed by atoms with Gasteiger partial charge in [0, 0.05) is 12.6 Å². The van der Waals surface area contributed by atoms with E-state index in [0.717, 1.165) is 4.57 Å². The molecule has 0 saturated carbocycles. The Balaban J connectivity index is 1.83. The second-order valence-corrected chi connectivity index (χ2v) is 6.08.